The van der Waals surface area contributed by atoms with Crippen molar-refractivity contribution < 1.29 is 9.79 Å². The molecule has 0 atom stereocenters. The molecule has 4 heteroatoms. The van der Waals surface area contributed by atoms with Crippen molar-refractivity contribution in [2.24, 2.45) is 0 Å². The van der Waals surface area contributed by atoms with E-state index in [1.807, 2.05) is 32.0 Å². The van der Waals surface area contributed by atoms with Crippen LogP contribution in [0.5, 0.6) is 0 Å². The third-order valence-electron chi connectivity index (χ3n) is 1.89. The van der Waals surface area contributed by atoms with Crippen molar-refractivity contribution in [3.05, 3.63) is 23.8 Å². The van der Waals surface area contributed by atoms with E-state index < -0.39 is 8.38 Å². The summed E-state index contributed by atoms with van der Waals surface area (Å²) in [5.74, 6) is 0. The molecule has 0 amide bonds. The predicted molar refractivity (Wildman–Crippen MR) is 56.5 cm³/mol. The largest absolute Gasteiger partial charge is 0.377 e. The molecule has 0 spiro atoms. The van der Waals surface area contributed by atoms with Crippen molar-refractivity contribution in [2.75, 3.05) is 19.0 Å². The summed E-state index contributed by atoms with van der Waals surface area (Å²) in [6.07, 6.45) is 0. The number of rotatable bonds is 2. The molecule has 0 aliphatic rings. The maximum Gasteiger partial charge on any atom is 0.199 e. The van der Waals surface area contributed by atoms with Crippen LogP contribution in [0.3, 0.4) is 0 Å². The minimum Gasteiger partial charge on any atom is -0.377 e. The molecule has 0 fully saturated rings. The first-order valence-corrected chi connectivity index (χ1v) is 5.23. The lowest BCUT2D eigenvalue weighted by atomic mass is 10.2. The summed E-state index contributed by atoms with van der Waals surface area (Å²) >= 11 is 0. The Hall–Kier alpha value is -0.630. The van der Waals surface area contributed by atoms with E-state index >= 15 is 0 Å². The maximum atomic E-state index is 8.98. The minimum atomic E-state index is -1.96. The lowest BCUT2D eigenvalue weighted by Gasteiger charge is -2.16. The van der Waals surface area contributed by atoms with Gasteiger partial charge in [0.05, 0.1) is 0 Å². The van der Waals surface area contributed by atoms with Crippen LogP contribution in [0, 0.1) is 6.92 Å². The molecular formula is C9H14NO2P. The first kappa shape index (κ1) is 10.5. The maximum absolute atomic E-state index is 8.98. The van der Waals surface area contributed by atoms with Crippen LogP contribution < -0.4 is 10.2 Å². The van der Waals surface area contributed by atoms with Crippen LogP contribution in [0.1, 0.15) is 5.56 Å². The lowest BCUT2D eigenvalue weighted by Crippen LogP contribution is -2.12. The highest BCUT2D eigenvalue weighted by Gasteiger charge is 2.06. The Labute approximate surface area is 79.5 Å². The average Bonchev–Trinajstić information content (AvgIpc) is 2.03. The monoisotopic (exact) mass is 199 g/mol. The van der Waals surface area contributed by atoms with E-state index in [1.165, 1.54) is 0 Å². The molecule has 72 valence electrons. The molecule has 0 radical (unpaired) electrons. The van der Waals surface area contributed by atoms with Gasteiger partial charge in [-0.1, -0.05) is 0 Å². The quantitative estimate of drug-likeness (QED) is 0.698. The highest BCUT2D eigenvalue weighted by Crippen LogP contribution is 2.25. The van der Waals surface area contributed by atoms with Crippen molar-refractivity contribution in [2.45, 2.75) is 6.92 Å². The van der Waals surface area contributed by atoms with Crippen molar-refractivity contribution in [3.8, 4) is 0 Å². The van der Waals surface area contributed by atoms with Gasteiger partial charge in [0.2, 0.25) is 0 Å². The second-order valence-corrected chi connectivity index (χ2v) is 4.25. The molecule has 0 aliphatic heterocycles. The molecule has 0 aromatic heterocycles. The molecule has 1 rings (SSSR count). The number of hydrogen-bond donors (Lipinski definition) is 2. The van der Waals surface area contributed by atoms with Crippen LogP contribution in [-0.2, 0) is 0 Å². The Morgan fingerprint density at radius 2 is 1.85 bits per heavy atom. The van der Waals surface area contributed by atoms with Crippen molar-refractivity contribution >= 4 is 19.4 Å². The van der Waals surface area contributed by atoms with E-state index in [1.54, 1.807) is 12.1 Å². The second kappa shape index (κ2) is 4.05. The van der Waals surface area contributed by atoms with E-state index in [2.05, 4.69) is 0 Å². The summed E-state index contributed by atoms with van der Waals surface area (Å²) in [6.45, 7) is 1.96. The zero-order valence-corrected chi connectivity index (χ0v) is 8.92. The normalized spacial score (nSPS) is 10.6. The molecular weight excluding hydrogens is 185 g/mol. The zero-order chi connectivity index (χ0) is 10.0. The summed E-state index contributed by atoms with van der Waals surface area (Å²) in [5, 5.41) is 0.595. The summed E-state index contributed by atoms with van der Waals surface area (Å²) in [6, 6.07) is 5.45. The molecule has 0 saturated heterocycles. The SMILES string of the molecule is Cc1cc(P(O)O)ccc1N(C)C. The van der Waals surface area contributed by atoms with E-state index in [4.69, 9.17) is 9.79 Å². The van der Waals surface area contributed by atoms with Crippen LogP contribution in [0.4, 0.5) is 5.69 Å². The Bertz CT molecular complexity index is 300. The summed E-state index contributed by atoms with van der Waals surface area (Å²) in [5.41, 5.74) is 2.15. The number of nitrogens with zero attached hydrogens (tertiary/aromatic N) is 1. The topological polar surface area (TPSA) is 43.7 Å². The van der Waals surface area contributed by atoms with Gasteiger partial charge < -0.3 is 14.7 Å². The van der Waals surface area contributed by atoms with Crippen molar-refractivity contribution in [3.63, 3.8) is 0 Å². The van der Waals surface area contributed by atoms with Gasteiger partial charge in [0.15, 0.2) is 8.38 Å². The number of aryl methyl sites for hydroxylation is 1. The fraction of sp³-hybridized carbons (Fsp3) is 0.333. The van der Waals surface area contributed by atoms with Crippen molar-refractivity contribution in [1.29, 1.82) is 0 Å². The van der Waals surface area contributed by atoms with E-state index in [0.717, 1.165) is 11.3 Å². The molecule has 0 heterocycles. The third-order valence-corrected chi connectivity index (χ3v) is 2.63. The highest BCUT2D eigenvalue weighted by atomic mass is 31.2. The van der Waals surface area contributed by atoms with Crippen LogP contribution in [0.2, 0.25) is 0 Å². The molecule has 13 heavy (non-hydrogen) atoms. The smallest absolute Gasteiger partial charge is 0.199 e. The Morgan fingerprint density at radius 3 is 2.23 bits per heavy atom. The van der Waals surface area contributed by atoms with Crippen LogP contribution in [-0.4, -0.2) is 23.9 Å². The van der Waals surface area contributed by atoms with Gasteiger partial charge in [-0.3, -0.25) is 0 Å². The highest BCUT2D eigenvalue weighted by molar-refractivity contribution is 7.54. The van der Waals surface area contributed by atoms with Gasteiger partial charge in [-0.15, -0.1) is 0 Å². The summed E-state index contributed by atoms with van der Waals surface area (Å²) in [4.78, 5) is 20.0. The van der Waals surface area contributed by atoms with Gasteiger partial charge in [0.25, 0.3) is 0 Å². The van der Waals surface area contributed by atoms with Gasteiger partial charge in [-0.2, -0.15) is 0 Å². The standard InChI is InChI=1S/C9H14NO2P/c1-7-6-8(13(11)12)4-5-9(7)10(2)3/h4-6,11-12H,1-3H3. The fourth-order valence-corrected chi connectivity index (χ4v) is 1.78. The lowest BCUT2D eigenvalue weighted by molar-refractivity contribution is 0.497. The first-order chi connectivity index (χ1) is 6.02. The van der Waals surface area contributed by atoms with Gasteiger partial charge in [0.1, 0.15) is 0 Å². The Balaban J connectivity index is 3.06. The molecule has 0 aliphatic carbocycles. The molecule has 0 saturated carbocycles. The van der Waals surface area contributed by atoms with Crippen LogP contribution in [0.25, 0.3) is 0 Å². The molecule has 3 nitrogen and oxygen atoms in total. The number of benzene rings is 1. The first-order valence-electron chi connectivity index (χ1n) is 3.98. The number of anilines is 1. The Kier molecular flexibility index (Phi) is 3.26. The van der Waals surface area contributed by atoms with Crippen molar-refractivity contribution in [1.82, 2.24) is 0 Å². The molecule has 1 aromatic carbocycles. The van der Waals surface area contributed by atoms with Gasteiger partial charge >= 0.3 is 0 Å². The molecule has 1 aromatic rings. The number of hydrogen-bond acceptors (Lipinski definition) is 3. The summed E-state index contributed by atoms with van der Waals surface area (Å²) in [7, 11) is 1.96. The molecule has 0 unspecified atom stereocenters. The van der Waals surface area contributed by atoms with E-state index in [9.17, 15) is 0 Å². The van der Waals surface area contributed by atoms with E-state index in [0.29, 0.717) is 5.30 Å². The zero-order valence-electron chi connectivity index (χ0n) is 8.02. The van der Waals surface area contributed by atoms with E-state index in [-0.39, 0.29) is 0 Å². The van der Waals surface area contributed by atoms with Crippen LogP contribution in [0.15, 0.2) is 18.2 Å². The summed E-state index contributed by atoms with van der Waals surface area (Å²) < 4.78 is 0. The average molecular weight is 199 g/mol. The van der Waals surface area contributed by atoms with Gasteiger partial charge in [-0.25, -0.2) is 0 Å². The Morgan fingerprint density at radius 1 is 1.23 bits per heavy atom. The second-order valence-electron chi connectivity index (χ2n) is 3.15. The minimum absolute atomic E-state index is 0.595. The molecule has 0 bridgehead atoms. The van der Waals surface area contributed by atoms with Crippen LogP contribution >= 0.6 is 8.38 Å². The fourth-order valence-electron chi connectivity index (χ4n) is 1.27. The third kappa shape index (κ3) is 2.41. The molecule has 2 N–H and O–H groups in total. The predicted octanol–water partition coefficient (Wildman–Crippen LogP) is 0.983. The van der Waals surface area contributed by atoms with Gasteiger partial charge in [0, 0.05) is 25.1 Å². The van der Waals surface area contributed by atoms with Gasteiger partial charge in [-0.05, 0) is 30.7 Å².